The van der Waals surface area contributed by atoms with Crippen LogP contribution < -0.4 is 4.90 Å². The molecule has 0 atom stereocenters. The maximum atomic E-state index is 2.47. The van der Waals surface area contributed by atoms with E-state index in [0.29, 0.717) is 0 Å². The highest BCUT2D eigenvalue weighted by molar-refractivity contribution is 6.38. The fraction of sp³-hybridized carbons (Fsp3) is 0. The maximum absolute atomic E-state index is 2.47. The zero-order valence-electron chi connectivity index (χ0n) is 31.2. The minimum atomic E-state index is 1.11. The fourth-order valence-corrected chi connectivity index (χ4v) is 9.52. The van der Waals surface area contributed by atoms with Gasteiger partial charge >= 0.3 is 0 Å². The summed E-state index contributed by atoms with van der Waals surface area (Å²) in [6.07, 6.45) is 0. The van der Waals surface area contributed by atoms with Crippen molar-refractivity contribution in [2.24, 2.45) is 0 Å². The molecule has 0 saturated carbocycles. The molecule has 57 heavy (non-hydrogen) atoms. The molecule has 0 fully saturated rings. The van der Waals surface area contributed by atoms with E-state index >= 15 is 0 Å². The molecule has 0 spiro atoms. The summed E-state index contributed by atoms with van der Waals surface area (Å²) in [4.78, 5) is 2.47. The highest BCUT2D eigenvalue weighted by Crippen LogP contribution is 2.48. The Morgan fingerprint density at radius 3 is 1.42 bits per heavy atom. The van der Waals surface area contributed by atoms with Crippen LogP contribution in [0.2, 0.25) is 0 Å². The molecule has 0 N–H and O–H groups in total. The van der Waals surface area contributed by atoms with Crippen molar-refractivity contribution in [2.75, 3.05) is 4.90 Å². The summed E-state index contributed by atoms with van der Waals surface area (Å²) in [5, 5.41) is 17.8. The molecule has 0 aromatic heterocycles. The largest absolute Gasteiger partial charge is 0.310 e. The summed E-state index contributed by atoms with van der Waals surface area (Å²) < 4.78 is 0. The first kappa shape index (κ1) is 31.8. The third kappa shape index (κ3) is 4.96. The lowest BCUT2D eigenvalue weighted by Gasteiger charge is -2.29. The van der Waals surface area contributed by atoms with E-state index in [0.717, 1.165) is 17.1 Å². The molecule has 0 saturated heterocycles. The lowest BCUT2D eigenvalue weighted by molar-refractivity contribution is 1.30. The zero-order valence-corrected chi connectivity index (χ0v) is 31.2. The number of nitrogens with zero attached hydrogens (tertiary/aromatic N) is 1. The Balaban J connectivity index is 1.18. The van der Waals surface area contributed by atoms with Crippen LogP contribution in [0, 0.1) is 0 Å². The molecule has 0 aliphatic carbocycles. The first-order valence-corrected chi connectivity index (χ1v) is 19.8. The van der Waals surface area contributed by atoms with Gasteiger partial charge in [0.2, 0.25) is 0 Å². The predicted octanol–water partition coefficient (Wildman–Crippen LogP) is 16.0. The van der Waals surface area contributed by atoms with Crippen LogP contribution in [0.1, 0.15) is 0 Å². The molecule has 1 nitrogen and oxygen atoms in total. The summed E-state index contributed by atoms with van der Waals surface area (Å²) in [6, 6.07) is 78.5. The van der Waals surface area contributed by atoms with Crippen LogP contribution in [0.15, 0.2) is 212 Å². The van der Waals surface area contributed by atoms with Gasteiger partial charge in [-0.15, -0.1) is 0 Å². The maximum Gasteiger partial charge on any atom is 0.0546 e. The second-order valence-corrected chi connectivity index (χ2v) is 15.3. The van der Waals surface area contributed by atoms with E-state index in [2.05, 4.69) is 217 Å². The number of fused-ring (bicyclic) bond motifs is 3. The quantitative estimate of drug-likeness (QED) is 0.160. The van der Waals surface area contributed by atoms with Crippen molar-refractivity contribution in [3.63, 3.8) is 0 Å². The predicted molar refractivity (Wildman–Crippen MR) is 246 cm³/mol. The van der Waals surface area contributed by atoms with Crippen molar-refractivity contribution >= 4 is 92.5 Å². The van der Waals surface area contributed by atoms with Gasteiger partial charge in [-0.05, 0) is 123 Å². The third-order valence-corrected chi connectivity index (χ3v) is 12.1. The summed E-state index contributed by atoms with van der Waals surface area (Å²) in [7, 11) is 0. The molecular weight excluding hydrogens is 687 g/mol. The van der Waals surface area contributed by atoms with E-state index in [1.54, 1.807) is 0 Å². The summed E-state index contributed by atoms with van der Waals surface area (Å²) >= 11 is 0. The molecule has 12 rings (SSSR count). The van der Waals surface area contributed by atoms with Crippen LogP contribution in [0.5, 0.6) is 0 Å². The second kappa shape index (κ2) is 12.5. The van der Waals surface area contributed by atoms with Gasteiger partial charge in [-0.2, -0.15) is 0 Å². The average molecular weight is 722 g/mol. The standard InChI is InChI=1S/C56H35N/c1-2-11-36(12-3-1)38-29-31-45(32-30-38)57(46-19-6-17-42(34-46)43-28-25-37-13-4-5-14-41(37)33-43)52-35-44-18-9-22-48-47-20-7-15-39-26-27-40-16-8-21-49(54(40)53(39)47)50-23-10-24-51(52)56(50)55(44)48/h1-35H. The Morgan fingerprint density at radius 2 is 0.702 bits per heavy atom. The van der Waals surface area contributed by atoms with Gasteiger partial charge in [0.1, 0.15) is 0 Å². The van der Waals surface area contributed by atoms with E-state index in [-0.39, 0.29) is 0 Å². The second-order valence-electron chi connectivity index (χ2n) is 15.3. The van der Waals surface area contributed by atoms with Gasteiger partial charge in [0, 0.05) is 22.1 Å². The minimum absolute atomic E-state index is 1.11. The molecule has 0 bridgehead atoms. The SMILES string of the molecule is c1ccc(-c2ccc(N(c3cccc(-c4ccc5ccccc5c4)c3)c3cc4cccc5c6cccc7ccc8cccc(c9cccc3c9c45)c8c76)cc2)cc1. The van der Waals surface area contributed by atoms with Crippen molar-refractivity contribution in [3.05, 3.63) is 212 Å². The van der Waals surface area contributed by atoms with Crippen molar-refractivity contribution < 1.29 is 0 Å². The van der Waals surface area contributed by atoms with E-state index < -0.39 is 0 Å². The molecular formula is C56H35N. The average Bonchev–Trinajstić information content (AvgIpc) is 3.28. The van der Waals surface area contributed by atoms with Gasteiger partial charge in [-0.3, -0.25) is 0 Å². The minimum Gasteiger partial charge on any atom is -0.310 e. The molecule has 0 radical (unpaired) electrons. The fourth-order valence-electron chi connectivity index (χ4n) is 9.52. The van der Waals surface area contributed by atoms with Crippen LogP contribution in [0.25, 0.3) is 97.7 Å². The lowest BCUT2D eigenvalue weighted by Crippen LogP contribution is -2.11. The molecule has 0 aliphatic rings. The first-order valence-electron chi connectivity index (χ1n) is 19.8. The van der Waals surface area contributed by atoms with Gasteiger partial charge in [0.15, 0.2) is 0 Å². The van der Waals surface area contributed by atoms with Gasteiger partial charge in [0.05, 0.1) is 5.69 Å². The van der Waals surface area contributed by atoms with Gasteiger partial charge < -0.3 is 4.90 Å². The zero-order chi connectivity index (χ0) is 37.5. The highest BCUT2D eigenvalue weighted by atomic mass is 15.1. The molecule has 0 heterocycles. The van der Waals surface area contributed by atoms with Crippen molar-refractivity contribution in [3.8, 4) is 22.3 Å². The van der Waals surface area contributed by atoms with Crippen LogP contribution in [0.4, 0.5) is 17.1 Å². The number of benzene rings is 11. The molecule has 0 unspecified atom stereocenters. The molecule has 0 amide bonds. The van der Waals surface area contributed by atoms with E-state index in [1.165, 1.54) is 97.7 Å². The van der Waals surface area contributed by atoms with E-state index in [9.17, 15) is 0 Å². The Labute approximate surface area is 330 Å². The molecule has 264 valence electrons. The molecule has 12 aromatic rings. The Kier molecular flexibility index (Phi) is 7.00. The van der Waals surface area contributed by atoms with Crippen molar-refractivity contribution in [1.29, 1.82) is 0 Å². The highest BCUT2D eigenvalue weighted by Gasteiger charge is 2.22. The van der Waals surface area contributed by atoms with Crippen LogP contribution in [0.3, 0.4) is 0 Å². The Morgan fingerprint density at radius 1 is 0.228 bits per heavy atom. The van der Waals surface area contributed by atoms with Gasteiger partial charge in [0.25, 0.3) is 0 Å². The topological polar surface area (TPSA) is 3.24 Å². The Bertz CT molecular complexity index is 3510. The molecule has 1 heteroatoms. The van der Waals surface area contributed by atoms with Crippen LogP contribution in [-0.2, 0) is 0 Å². The lowest BCUT2D eigenvalue weighted by atomic mass is 9.87. The molecule has 0 aliphatic heterocycles. The van der Waals surface area contributed by atoms with E-state index in [4.69, 9.17) is 0 Å². The van der Waals surface area contributed by atoms with Crippen molar-refractivity contribution in [1.82, 2.24) is 0 Å². The normalized spacial score (nSPS) is 11.9. The number of hydrogen-bond donors (Lipinski definition) is 0. The van der Waals surface area contributed by atoms with Gasteiger partial charge in [-0.25, -0.2) is 0 Å². The summed E-state index contributed by atoms with van der Waals surface area (Å²) in [5.74, 6) is 0. The van der Waals surface area contributed by atoms with Crippen LogP contribution in [-0.4, -0.2) is 0 Å². The van der Waals surface area contributed by atoms with E-state index in [1.807, 2.05) is 0 Å². The monoisotopic (exact) mass is 721 g/mol. The number of anilines is 3. The molecule has 12 aromatic carbocycles. The number of hydrogen-bond acceptors (Lipinski definition) is 1. The Hall–Kier alpha value is -7.48. The van der Waals surface area contributed by atoms with Gasteiger partial charge in [-0.1, -0.05) is 176 Å². The smallest absolute Gasteiger partial charge is 0.0546 e. The number of rotatable bonds is 5. The summed E-state index contributed by atoms with van der Waals surface area (Å²) in [5.41, 5.74) is 8.16. The summed E-state index contributed by atoms with van der Waals surface area (Å²) in [6.45, 7) is 0. The first-order chi connectivity index (χ1) is 28.3. The van der Waals surface area contributed by atoms with Crippen molar-refractivity contribution in [2.45, 2.75) is 0 Å². The van der Waals surface area contributed by atoms with Crippen LogP contribution >= 0.6 is 0 Å². The third-order valence-electron chi connectivity index (χ3n) is 12.1.